The third-order valence-electron chi connectivity index (χ3n) is 6.20. The van der Waals surface area contributed by atoms with Crippen LogP contribution in [0.3, 0.4) is 0 Å². The standard InChI is InChI=1S/C26H27Cl3N4O/c1-17(15-19-7-9-20(27)10-8-19)25-18(2)24(26(34)31-33(3)13-5-4-6-14-33)30-32(25)23-12-11-21(28)16-22(23)29/h7-12,15-16H,4-6,13-14H2,1-3H3/b17-15+. The van der Waals surface area contributed by atoms with Crippen molar-refractivity contribution in [1.82, 2.24) is 9.78 Å². The molecule has 2 heterocycles. The van der Waals surface area contributed by atoms with Crippen LogP contribution in [0.5, 0.6) is 0 Å². The fourth-order valence-corrected chi connectivity index (χ4v) is 5.04. The second-order valence-electron chi connectivity index (χ2n) is 8.96. The van der Waals surface area contributed by atoms with Crippen LogP contribution in [0.4, 0.5) is 0 Å². The third kappa shape index (κ3) is 5.33. The molecule has 34 heavy (non-hydrogen) atoms. The first-order valence-electron chi connectivity index (χ1n) is 11.3. The second-order valence-corrected chi connectivity index (χ2v) is 10.2. The number of benzene rings is 2. The first-order valence-corrected chi connectivity index (χ1v) is 12.4. The van der Waals surface area contributed by atoms with E-state index < -0.39 is 0 Å². The van der Waals surface area contributed by atoms with Crippen LogP contribution >= 0.6 is 34.8 Å². The van der Waals surface area contributed by atoms with Gasteiger partial charge in [0, 0.05) is 15.6 Å². The zero-order valence-electron chi connectivity index (χ0n) is 19.5. The molecule has 0 radical (unpaired) electrons. The third-order valence-corrected chi connectivity index (χ3v) is 6.99. The SMILES string of the molecule is C/C(=C\c1ccc(Cl)cc1)c1c(C)c(/C([O-])=N/[N+]2(C)CCCCC2)nn1-c1ccc(Cl)cc1Cl. The Hall–Kier alpha value is -2.31. The van der Waals surface area contributed by atoms with Gasteiger partial charge in [0.1, 0.15) is 18.8 Å². The molecule has 0 unspecified atom stereocenters. The van der Waals surface area contributed by atoms with Gasteiger partial charge >= 0.3 is 0 Å². The van der Waals surface area contributed by atoms with Gasteiger partial charge in [0.2, 0.25) is 0 Å². The van der Waals surface area contributed by atoms with E-state index in [9.17, 15) is 5.11 Å². The number of likely N-dealkylation sites (tertiary alicyclic amines) is 1. The van der Waals surface area contributed by atoms with Gasteiger partial charge in [-0.2, -0.15) is 5.10 Å². The molecule has 0 spiro atoms. The molecule has 1 aliphatic heterocycles. The molecule has 8 heteroatoms. The van der Waals surface area contributed by atoms with Crippen molar-refractivity contribution in [2.75, 3.05) is 20.1 Å². The van der Waals surface area contributed by atoms with Crippen LogP contribution in [-0.4, -0.2) is 40.4 Å². The highest BCUT2D eigenvalue weighted by Gasteiger charge is 2.26. The number of halogens is 3. The molecule has 1 aromatic heterocycles. The van der Waals surface area contributed by atoms with Gasteiger partial charge in [-0.25, -0.2) is 9.27 Å². The normalized spacial score (nSPS) is 16.6. The first-order chi connectivity index (χ1) is 16.2. The lowest BCUT2D eigenvalue weighted by Crippen LogP contribution is -2.45. The summed E-state index contributed by atoms with van der Waals surface area (Å²) in [4.78, 5) is 0. The van der Waals surface area contributed by atoms with Gasteiger partial charge in [-0.05, 0) is 80.7 Å². The van der Waals surface area contributed by atoms with E-state index in [1.165, 1.54) is 6.42 Å². The molecule has 0 saturated carbocycles. The maximum absolute atomic E-state index is 13.3. The molecular weight excluding hydrogens is 491 g/mol. The van der Waals surface area contributed by atoms with Crippen molar-refractivity contribution in [3.05, 3.63) is 80.0 Å². The van der Waals surface area contributed by atoms with E-state index in [1.807, 2.05) is 51.2 Å². The number of nitrogens with zero attached hydrogens (tertiary/aromatic N) is 4. The summed E-state index contributed by atoms with van der Waals surface area (Å²) in [6.45, 7) is 5.61. The van der Waals surface area contributed by atoms with Gasteiger partial charge < -0.3 is 5.11 Å². The van der Waals surface area contributed by atoms with Crippen molar-refractivity contribution >= 4 is 52.3 Å². The van der Waals surface area contributed by atoms with Crippen molar-refractivity contribution in [3.63, 3.8) is 0 Å². The smallest absolute Gasteiger partial charge is 0.105 e. The number of hydrogen-bond donors (Lipinski definition) is 0. The Morgan fingerprint density at radius 3 is 2.32 bits per heavy atom. The highest BCUT2D eigenvalue weighted by Crippen LogP contribution is 2.31. The van der Waals surface area contributed by atoms with Crippen molar-refractivity contribution in [2.24, 2.45) is 5.10 Å². The monoisotopic (exact) mass is 516 g/mol. The molecule has 0 atom stereocenters. The molecule has 1 fully saturated rings. The average Bonchev–Trinajstić information content (AvgIpc) is 3.12. The summed E-state index contributed by atoms with van der Waals surface area (Å²) in [6.07, 6.45) is 5.34. The molecule has 1 aliphatic rings. The quantitative estimate of drug-likeness (QED) is 0.225. The largest absolute Gasteiger partial charge is 0.853 e. The van der Waals surface area contributed by atoms with Crippen LogP contribution in [0.2, 0.25) is 15.1 Å². The van der Waals surface area contributed by atoms with E-state index in [-0.39, 0.29) is 5.90 Å². The van der Waals surface area contributed by atoms with Crippen LogP contribution in [-0.2, 0) is 0 Å². The van der Waals surface area contributed by atoms with Crippen molar-refractivity contribution in [1.29, 1.82) is 0 Å². The predicted octanol–water partition coefficient (Wildman–Crippen LogP) is 6.35. The van der Waals surface area contributed by atoms with E-state index in [2.05, 4.69) is 5.10 Å². The summed E-state index contributed by atoms with van der Waals surface area (Å²) in [7, 11) is 2.01. The number of hydrogen-bond acceptors (Lipinski definition) is 3. The lowest BCUT2D eigenvalue weighted by Gasteiger charge is -2.32. The van der Waals surface area contributed by atoms with Gasteiger partial charge in [0.15, 0.2) is 0 Å². The Bertz CT molecular complexity index is 1260. The predicted molar refractivity (Wildman–Crippen MR) is 140 cm³/mol. The number of allylic oxidation sites excluding steroid dienone is 1. The van der Waals surface area contributed by atoms with E-state index >= 15 is 0 Å². The number of quaternary nitrogens is 1. The highest BCUT2D eigenvalue weighted by molar-refractivity contribution is 6.35. The molecule has 2 aromatic carbocycles. The van der Waals surface area contributed by atoms with Gasteiger partial charge in [-0.1, -0.05) is 52.0 Å². The van der Waals surface area contributed by atoms with E-state index in [0.717, 1.165) is 48.3 Å². The Balaban J connectivity index is 1.86. The number of aromatic nitrogens is 2. The highest BCUT2D eigenvalue weighted by atomic mass is 35.5. The minimum absolute atomic E-state index is 0.314. The topological polar surface area (TPSA) is 53.2 Å². The minimum atomic E-state index is -0.314. The summed E-state index contributed by atoms with van der Waals surface area (Å²) >= 11 is 18.7. The first kappa shape index (κ1) is 24.8. The van der Waals surface area contributed by atoms with Crippen LogP contribution in [0.15, 0.2) is 47.6 Å². The van der Waals surface area contributed by atoms with Gasteiger partial charge in [-0.15, -0.1) is 0 Å². The zero-order valence-corrected chi connectivity index (χ0v) is 21.8. The molecule has 0 N–H and O–H groups in total. The Morgan fingerprint density at radius 1 is 1.03 bits per heavy atom. The fraction of sp³-hybridized carbons (Fsp3) is 0.308. The molecule has 0 aliphatic carbocycles. The van der Waals surface area contributed by atoms with Crippen LogP contribution in [0.25, 0.3) is 17.3 Å². The van der Waals surface area contributed by atoms with Crippen molar-refractivity contribution < 1.29 is 9.70 Å². The molecular formula is C26H27Cl3N4O. The van der Waals surface area contributed by atoms with E-state index in [4.69, 9.17) is 39.9 Å². The summed E-state index contributed by atoms with van der Waals surface area (Å²) in [5.41, 5.74) is 4.43. The Kier molecular flexibility index (Phi) is 7.39. The maximum Gasteiger partial charge on any atom is 0.105 e. The summed E-state index contributed by atoms with van der Waals surface area (Å²) in [5, 5.41) is 24.3. The summed E-state index contributed by atoms with van der Waals surface area (Å²) < 4.78 is 2.11. The second kappa shape index (κ2) is 10.1. The zero-order chi connectivity index (χ0) is 24.5. The maximum atomic E-state index is 13.3. The number of rotatable bonds is 5. The molecule has 4 rings (SSSR count). The minimum Gasteiger partial charge on any atom is -0.853 e. The molecule has 5 nitrogen and oxygen atoms in total. The lowest BCUT2D eigenvalue weighted by atomic mass is 10.0. The van der Waals surface area contributed by atoms with Gasteiger partial charge in [-0.3, -0.25) is 0 Å². The molecule has 1 saturated heterocycles. The van der Waals surface area contributed by atoms with E-state index in [0.29, 0.717) is 31.0 Å². The lowest BCUT2D eigenvalue weighted by molar-refractivity contribution is -0.921. The Labute approximate surface area is 215 Å². The van der Waals surface area contributed by atoms with E-state index in [1.54, 1.807) is 22.9 Å². The van der Waals surface area contributed by atoms with Crippen LogP contribution in [0, 0.1) is 6.92 Å². The summed E-state index contributed by atoms with van der Waals surface area (Å²) in [6, 6.07) is 12.8. The Morgan fingerprint density at radius 2 is 1.68 bits per heavy atom. The number of piperidine rings is 1. The average molecular weight is 518 g/mol. The van der Waals surface area contributed by atoms with Crippen molar-refractivity contribution in [3.8, 4) is 5.69 Å². The van der Waals surface area contributed by atoms with Crippen LogP contribution < -0.4 is 5.11 Å². The molecule has 0 amide bonds. The van der Waals surface area contributed by atoms with Crippen LogP contribution in [0.1, 0.15) is 48.7 Å². The van der Waals surface area contributed by atoms with Gasteiger partial charge in [0.25, 0.3) is 0 Å². The van der Waals surface area contributed by atoms with Gasteiger partial charge in [0.05, 0.1) is 29.3 Å². The fourth-order valence-electron chi connectivity index (χ4n) is 4.43. The molecule has 0 bridgehead atoms. The molecule has 3 aromatic rings. The molecule has 178 valence electrons. The summed E-state index contributed by atoms with van der Waals surface area (Å²) in [5.74, 6) is -0.314. The van der Waals surface area contributed by atoms with Crippen molar-refractivity contribution in [2.45, 2.75) is 33.1 Å².